The van der Waals surface area contributed by atoms with Crippen molar-refractivity contribution in [3.63, 3.8) is 0 Å². The molecule has 1 aliphatic heterocycles. The standard InChI is InChI=1S/C26H33FN2O5/c1-29(14-11-18-6-8-21(32-2)23(15-18)34-4)25(31)10-13-26(12-9-24(30)28-26)17-19-5-7-20(27)22(16-19)33-3/h5-8,15-16H,9-14,17H2,1-4H3,(H,28,30)/t26-/m1/s1. The monoisotopic (exact) mass is 472 g/mol. The lowest BCUT2D eigenvalue weighted by Crippen LogP contribution is -2.44. The van der Waals surface area contributed by atoms with Gasteiger partial charge in [0, 0.05) is 32.0 Å². The highest BCUT2D eigenvalue weighted by molar-refractivity contribution is 5.80. The molecule has 3 rings (SSSR count). The summed E-state index contributed by atoms with van der Waals surface area (Å²) in [4.78, 5) is 26.6. The summed E-state index contributed by atoms with van der Waals surface area (Å²) < 4.78 is 29.5. The van der Waals surface area contributed by atoms with E-state index in [-0.39, 0.29) is 17.6 Å². The Morgan fingerprint density at radius 1 is 1.03 bits per heavy atom. The van der Waals surface area contributed by atoms with E-state index in [4.69, 9.17) is 14.2 Å². The molecule has 184 valence electrons. The fourth-order valence-corrected chi connectivity index (χ4v) is 4.38. The minimum Gasteiger partial charge on any atom is -0.494 e. The smallest absolute Gasteiger partial charge is 0.222 e. The first-order valence-electron chi connectivity index (χ1n) is 11.4. The molecule has 1 fully saturated rings. The van der Waals surface area contributed by atoms with Crippen molar-refractivity contribution in [1.82, 2.24) is 10.2 Å². The fourth-order valence-electron chi connectivity index (χ4n) is 4.38. The zero-order valence-electron chi connectivity index (χ0n) is 20.3. The molecule has 8 heteroatoms. The van der Waals surface area contributed by atoms with Gasteiger partial charge < -0.3 is 24.4 Å². The number of ether oxygens (including phenoxy) is 3. The zero-order valence-corrected chi connectivity index (χ0v) is 20.3. The Hall–Kier alpha value is -3.29. The molecular formula is C26H33FN2O5. The molecule has 0 aliphatic carbocycles. The van der Waals surface area contributed by atoms with Crippen molar-refractivity contribution in [3.05, 3.63) is 53.3 Å². The van der Waals surface area contributed by atoms with E-state index in [1.54, 1.807) is 38.3 Å². The van der Waals surface area contributed by atoms with Gasteiger partial charge in [-0.2, -0.15) is 0 Å². The van der Waals surface area contributed by atoms with E-state index in [2.05, 4.69) is 5.32 Å². The zero-order chi connectivity index (χ0) is 24.7. The van der Waals surface area contributed by atoms with Crippen molar-refractivity contribution < 1.29 is 28.2 Å². The SMILES string of the molecule is COc1cc(C[C@]2(CCC(=O)N(C)CCc3ccc(OC)c(OC)c3)CCC(=O)N2)ccc1F. The maximum absolute atomic E-state index is 13.8. The van der Waals surface area contributed by atoms with Gasteiger partial charge in [-0.3, -0.25) is 9.59 Å². The van der Waals surface area contributed by atoms with Crippen LogP contribution in [0.15, 0.2) is 36.4 Å². The summed E-state index contributed by atoms with van der Waals surface area (Å²) in [5.74, 6) is 1.05. The van der Waals surface area contributed by atoms with Crippen LogP contribution in [0.3, 0.4) is 0 Å². The molecule has 0 bridgehead atoms. The van der Waals surface area contributed by atoms with Gasteiger partial charge in [-0.15, -0.1) is 0 Å². The van der Waals surface area contributed by atoms with Crippen molar-refractivity contribution in [3.8, 4) is 17.2 Å². The summed E-state index contributed by atoms with van der Waals surface area (Å²) >= 11 is 0. The van der Waals surface area contributed by atoms with Crippen LogP contribution in [0, 0.1) is 5.82 Å². The second kappa shape index (κ2) is 11.2. The van der Waals surface area contributed by atoms with E-state index in [9.17, 15) is 14.0 Å². The first-order chi connectivity index (χ1) is 16.3. The number of benzene rings is 2. The lowest BCUT2D eigenvalue weighted by molar-refractivity contribution is -0.130. The van der Waals surface area contributed by atoms with Crippen molar-refractivity contribution in [2.24, 2.45) is 0 Å². The van der Waals surface area contributed by atoms with Crippen molar-refractivity contribution >= 4 is 11.8 Å². The Labute approximate surface area is 200 Å². The third-order valence-electron chi connectivity index (χ3n) is 6.42. The van der Waals surface area contributed by atoms with Gasteiger partial charge >= 0.3 is 0 Å². The Bertz CT molecular complexity index is 1030. The first-order valence-corrected chi connectivity index (χ1v) is 11.4. The minimum atomic E-state index is -0.528. The first kappa shape index (κ1) is 25.3. The molecule has 0 saturated carbocycles. The second-order valence-electron chi connectivity index (χ2n) is 8.73. The van der Waals surface area contributed by atoms with Crippen LogP contribution in [0.25, 0.3) is 0 Å². The number of methoxy groups -OCH3 is 3. The maximum Gasteiger partial charge on any atom is 0.222 e. The van der Waals surface area contributed by atoms with Crippen molar-refractivity contribution in [2.75, 3.05) is 34.9 Å². The summed E-state index contributed by atoms with van der Waals surface area (Å²) in [7, 11) is 6.40. The molecule has 2 amide bonds. The summed E-state index contributed by atoms with van der Waals surface area (Å²) in [6.07, 6.45) is 3.06. The molecule has 0 unspecified atom stereocenters. The molecule has 0 radical (unpaired) electrons. The van der Waals surface area contributed by atoms with E-state index in [1.165, 1.54) is 13.2 Å². The maximum atomic E-state index is 13.8. The Kier molecular flexibility index (Phi) is 8.36. The quantitative estimate of drug-likeness (QED) is 0.542. The fraction of sp³-hybridized carbons (Fsp3) is 0.462. The van der Waals surface area contributed by atoms with Gasteiger partial charge in [0.2, 0.25) is 11.8 Å². The molecule has 1 atom stereocenters. The highest BCUT2D eigenvalue weighted by atomic mass is 19.1. The topological polar surface area (TPSA) is 77.1 Å². The van der Waals surface area contributed by atoms with Crippen LogP contribution >= 0.6 is 0 Å². The van der Waals surface area contributed by atoms with Crippen LogP contribution in [0.5, 0.6) is 17.2 Å². The van der Waals surface area contributed by atoms with Crippen LogP contribution in [-0.4, -0.2) is 57.2 Å². The molecule has 0 aromatic heterocycles. The van der Waals surface area contributed by atoms with Gasteiger partial charge in [0.15, 0.2) is 23.1 Å². The molecule has 34 heavy (non-hydrogen) atoms. The number of rotatable bonds is 11. The lowest BCUT2D eigenvalue weighted by Gasteiger charge is -2.30. The Balaban J connectivity index is 1.59. The number of amides is 2. The molecule has 1 N–H and O–H groups in total. The number of carbonyl (C=O) groups excluding carboxylic acids is 2. The van der Waals surface area contributed by atoms with Crippen LogP contribution in [0.2, 0.25) is 0 Å². The van der Waals surface area contributed by atoms with E-state index >= 15 is 0 Å². The van der Waals surface area contributed by atoms with Gasteiger partial charge in [0.25, 0.3) is 0 Å². The molecule has 1 saturated heterocycles. The predicted molar refractivity (Wildman–Crippen MR) is 127 cm³/mol. The number of nitrogens with zero attached hydrogens (tertiary/aromatic N) is 1. The van der Waals surface area contributed by atoms with Gasteiger partial charge in [0.05, 0.1) is 21.3 Å². The van der Waals surface area contributed by atoms with Crippen LogP contribution < -0.4 is 19.5 Å². The number of hydrogen-bond acceptors (Lipinski definition) is 5. The Morgan fingerprint density at radius 3 is 2.35 bits per heavy atom. The number of hydrogen-bond donors (Lipinski definition) is 1. The predicted octanol–water partition coefficient (Wildman–Crippen LogP) is 3.52. The number of carbonyl (C=O) groups is 2. The second-order valence-corrected chi connectivity index (χ2v) is 8.73. The third-order valence-corrected chi connectivity index (χ3v) is 6.42. The summed E-state index contributed by atoms with van der Waals surface area (Å²) in [6.45, 7) is 0.558. The average molecular weight is 473 g/mol. The normalized spacial score (nSPS) is 17.3. The number of nitrogens with one attached hydrogen (secondary N) is 1. The van der Waals surface area contributed by atoms with Crippen LogP contribution in [0.1, 0.15) is 36.8 Å². The molecule has 1 aliphatic rings. The Morgan fingerprint density at radius 2 is 1.71 bits per heavy atom. The third kappa shape index (κ3) is 6.18. The van der Waals surface area contributed by atoms with Gasteiger partial charge in [0.1, 0.15) is 0 Å². The van der Waals surface area contributed by atoms with Crippen LogP contribution in [0.4, 0.5) is 4.39 Å². The molecule has 2 aromatic carbocycles. The molecular weight excluding hydrogens is 439 g/mol. The van der Waals surface area contributed by atoms with E-state index in [0.29, 0.717) is 56.6 Å². The molecule has 0 spiro atoms. The summed E-state index contributed by atoms with van der Waals surface area (Å²) in [5.41, 5.74) is 1.37. The van der Waals surface area contributed by atoms with E-state index < -0.39 is 11.4 Å². The van der Waals surface area contributed by atoms with Crippen molar-refractivity contribution in [2.45, 2.75) is 44.1 Å². The number of likely N-dealkylation sites (N-methyl/N-ethyl adjacent to an activating group) is 1. The molecule has 7 nitrogen and oxygen atoms in total. The number of halogens is 1. The average Bonchev–Trinajstić information content (AvgIpc) is 3.22. The molecule has 2 aromatic rings. The highest BCUT2D eigenvalue weighted by Gasteiger charge is 2.38. The van der Waals surface area contributed by atoms with E-state index in [1.807, 2.05) is 18.2 Å². The van der Waals surface area contributed by atoms with Gasteiger partial charge in [-0.25, -0.2) is 4.39 Å². The van der Waals surface area contributed by atoms with Crippen LogP contribution in [-0.2, 0) is 22.4 Å². The van der Waals surface area contributed by atoms with Crippen molar-refractivity contribution in [1.29, 1.82) is 0 Å². The minimum absolute atomic E-state index is 0.0117. The largest absolute Gasteiger partial charge is 0.494 e. The summed E-state index contributed by atoms with van der Waals surface area (Å²) in [6, 6.07) is 10.4. The highest BCUT2D eigenvalue weighted by Crippen LogP contribution is 2.32. The summed E-state index contributed by atoms with van der Waals surface area (Å²) in [5, 5.41) is 3.07. The molecule has 1 heterocycles. The van der Waals surface area contributed by atoms with Gasteiger partial charge in [-0.1, -0.05) is 12.1 Å². The van der Waals surface area contributed by atoms with Gasteiger partial charge in [-0.05, 0) is 61.1 Å². The lowest BCUT2D eigenvalue weighted by atomic mass is 9.84. The van der Waals surface area contributed by atoms with E-state index in [0.717, 1.165) is 11.1 Å².